The zero-order chi connectivity index (χ0) is 23.0. The zero-order valence-corrected chi connectivity index (χ0v) is 18.6. The Kier molecular flexibility index (Phi) is 7.17. The first kappa shape index (κ1) is 22.3. The number of aryl methyl sites for hydroxylation is 2. The van der Waals surface area contributed by atoms with Crippen LogP contribution in [0.3, 0.4) is 0 Å². The van der Waals surface area contributed by atoms with Crippen molar-refractivity contribution in [3.05, 3.63) is 108 Å². The summed E-state index contributed by atoms with van der Waals surface area (Å²) in [5.74, 6) is -1.05. The summed E-state index contributed by atoms with van der Waals surface area (Å²) in [6.45, 7) is 0. The van der Waals surface area contributed by atoms with E-state index in [1.807, 2.05) is 36.4 Å². The van der Waals surface area contributed by atoms with Crippen molar-refractivity contribution in [1.82, 2.24) is 0 Å². The van der Waals surface area contributed by atoms with Gasteiger partial charge in [-0.05, 0) is 77.3 Å². The maximum atomic E-state index is 11.8. The number of aliphatic carboxylic acids is 1. The van der Waals surface area contributed by atoms with Crippen LogP contribution in [-0.2, 0) is 17.6 Å². The lowest BCUT2D eigenvalue weighted by atomic mass is 9.92. The average molecular weight is 434 g/mol. The lowest BCUT2D eigenvalue weighted by molar-refractivity contribution is -0.142. The summed E-state index contributed by atoms with van der Waals surface area (Å²) < 4.78 is 0. The molecular formula is C30H27NO2. The number of carboxylic acids is 1. The van der Waals surface area contributed by atoms with Gasteiger partial charge < -0.3 is 5.11 Å². The van der Waals surface area contributed by atoms with Crippen molar-refractivity contribution in [2.45, 2.75) is 32.1 Å². The Hall–Kier alpha value is -3.90. The van der Waals surface area contributed by atoms with E-state index in [1.54, 1.807) is 6.07 Å². The van der Waals surface area contributed by atoms with Gasteiger partial charge in [0.1, 0.15) is 0 Å². The third-order valence-corrected chi connectivity index (χ3v) is 6.29. The van der Waals surface area contributed by atoms with E-state index in [0.717, 1.165) is 36.0 Å². The topological polar surface area (TPSA) is 61.1 Å². The molecule has 0 aliphatic heterocycles. The lowest BCUT2D eigenvalue weighted by Crippen LogP contribution is -2.15. The number of rotatable bonds is 9. The predicted octanol–water partition coefficient (Wildman–Crippen LogP) is 7.03. The van der Waals surface area contributed by atoms with E-state index in [9.17, 15) is 9.90 Å². The Morgan fingerprint density at radius 3 is 2.36 bits per heavy atom. The molecule has 0 heterocycles. The van der Waals surface area contributed by atoms with E-state index < -0.39 is 5.97 Å². The zero-order valence-electron chi connectivity index (χ0n) is 18.6. The van der Waals surface area contributed by atoms with Gasteiger partial charge in [-0.15, -0.1) is 0 Å². The summed E-state index contributed by atoms with van der Waals surface area (Å²) in [7, 11) is 0. The van der Waals surface area contributed by atoms with Crippen LogP contribution < -0.4 is 0 Å². The van der Waals surface area contributed by atoms with Gasteiger partial charge in [0.15, 0.2) is 0 Å². The smallest absolute Gasteiger partial charge is 0.306 e. The molecule has 33 heavy (non-hydrogen) atoms. The highest BCUT2D eigenvalue weighted by Gasteiger charge is 2.17. The number of benzene rings is 4. The molecule has 0 radical (unpaired) electrons. The molecule has 3 heteroatoms. The van der Waals surface area contributed by atoms with E-state index in [0.29, 0.717) is 18.4 Å². The van der Waals surface area contributed by atoms with Crippen LogP contribution >= 0.6 is 0 Å². The molecule has 3 nitrogen and oxygen atoms in total. The Bertz CT molecular complexity index is 1280. The summed E-state index contributed by atoms with van der Waals surface area (Å²) in [5, 5.41) is 21.3. The number of carboxylic acid groups (broad SMARTS) is 1. The first-order chi connectivity index (χ1) is 16.1. The van der Waals surface area contributed by atoms with E-state index >= 15 is 0 Å². The summed E-state index contributed by atoms with van der Waals surface area (Å²) in [6.07, 6.45) is 3.80. The minimum Gasteiger partial charge on any atom is -0.481 e. The average Bonchev–Trinajstić information content (AvgIpc) is 2.86. The summed E-state index contributed by atoms with van der Waals surface area (Å²) in [6, 6.07) is 32.6. The minimum absolute atomic E-state index is 0.341. The van der Waals surface area contributed by atoms with Crippen LogP contribution in [0.2, 0.25) is 0 Å². The normalized spacial score (nSPS) is 11.7. The molecule has 0 aliphatic rings. The van der Waals surface area contributed by atoms with Crippen LogP contribution in [0.25, 0.3) is 21.9 Å². The summed E-state index contributed by atoms with van der Waals surface area (Å²) in [4.78, 5) is 11.8. The molecule has 1 N–H and O–H groups in total. The van der Waals surface area contributed by atoms with E-state index in [2.05, 4.69) is 54.6 Å². The van der Waals surface area contributed by atoms with Crippen molar-refractivity contribution in [2.24, 2.45) is 5.92 Å². The van der Waals surface area contributed by atoms with Gasteiger partial charge in [0.05, 0.1) is 17.6 Å². The minimum atomic E-state index is -0.710. The standard InChI is InChI=1S/C30H27NO2/c31-21-23-6-3-12-28(20-23)24-17-14-22(15-18-24)16-19-27(30(32)33)11-5-10-26-9-4-8-25-7-1-2-13-29(25)26/h1-4,6-9,12-15,17-18,20,27H,5,10-11,16,19H2,(H,32,33). The molecule has 4 rings (SSSR count). The van der Waals surface area contributed by atoms with Gasteiger partial charge in [-0.25, -0.2) is 0 Å². The molecule has 0 bridgehead atoms. The summed E-state index contributed by atoms with van der Waals surface area (Å²) in [5.41, 5.74) is 5.13. The van der Waals surface area contributed by atoms with Gasteiger partial charge in [0.25, 0.3) is 0 Å². The number of fused-ring (bicyclic) bond motifs is 1. The van der Waals surface area contributed by atoms with Gasteiger partial charge in [0.2, 0.25) is 0 Å². The van der Waals surface area contributed by atoms with Crippen molar-refractivity contribution in [1.29, 1.82) is 5.26 Å². The molecule has 1 atom stereocenters. The molecule has 0 amide bonds. The maximum Gasteiger partial charge on any atom is 0.306 e. The second-order valence-corrected chi connectivity index (χ2v) is 8.49. The van der Waals surface area contributed by atoms with Crippen LogP contribution in [0.5, 0.6) is 0 Å². The number of hydrogen-bond acceptors (Lipinski definition) is 2. The Labute approximate surface area is 194 Å². The molecule has 0 aliphatic carbocycles. The van der Waals surface area contributed by atoms with Gasteiger partial charge >= 0.3 is 5.97 Å². The molecule has 1 unspecified atom stereocenters. The summed E-state index contributed by atoms with van der Waals surface area (Å²) >= 11 is 0. The SMILES string of the molecule is N#Cc1cccc(-c2ccc(CCC(CCCc3cccc4ccccc34)C(=O)O)cc2)c1. The second-order valence-electron chi connectivity index (χ2n) is 8.49. The van der Waals surface area contributed by atoms with Crippen molar-refractivity contribution < 1.29 is 9.90 Å². The Morgan fingerprint density at radius 1 is 0.818 bits per heavy atom. The van der Waals surface area contributed by atoms with Crippen LogP contribution in [-0.4, -0.2) is 11.1 Å². The molecule has 164 valence electrons. The molecule has 0 saturated carbocycles. The fourth-order valence-corrected chi connectivity index (χ4v) is 4.41. The number of nitriles is 1. The second kappa shape index (κ2) is 10.6. The van der Waals surface area contributed by atoms with E-state index in [1.165, 1.54) is 16.3 Å². The van der Waals surface area contributed by atoms with Gasteiger partial charge in [-0.2, -0.15) is 5.26 Å². The van der Waals surface area contributed by atoms with Crippen molar-refractivity contribution >= 4 is 16.7 Å². The molecule has 4 aromatic carbocycles. The predicted molar refractivity (Wildman–Crippen MR) is 133 cm³/mol. The van der Waals surface area contributed by atoms with Gasteiger partial charge in [-0.3, -0.25) is 4.79 Å². The van der Waals surface area contributed by atoms with Crippen molar-refractivity contribution in [2.75, 3.05) is 0 Å². The first-order valence-electron chi connectivity index (χ1n) is 11.4. The number of nitrogens with zero attached hydrogens (tertiary/aromatic N) is 1. The fraction of sp³-hybridized carbons (Fsp3) is 0.200. The van der Waals surface area contributed by atoms with Gasteiger partial charge in [0, 0.05) is 0 Å². The third kappa shape index (κ3) is 5.67. The highest BCUT2D eigenvalue weighted by atomic mass is 16.4. The highest BCUT2D eigenvalue weighted by molar-refractivity contribution is 5.85. The van der Waals surface area contributed by atoms with Crippen molar-refractivity contribution in [3.8, 4) is 17.2 Å². The molecule has 0 saturated heterocycles. The largest absolute Gasteiger partial charge is 0.481 e. The first-order valence-corrected chi connectivity index (χ1v) is 11.4. The number of carbonyl (C=O) groups is 1. The fourth-order valence-electron chi connectivity index (χ4n) is 4.41. The van der Waals surface area contributed by atoms with E-state index in [-0.39, 0.29) is 5.92 Å². The molecule has 4 aromatic rings. The quantitative estimate of drug-likeness (QED) is 0.308. The third-order valence-electron chi connectivity index (χ3n) is 6.29. The molecule has 0 spiro atoms. The molecular weight excluding hydrogens is 406 g/mol. The lowest BCUT2D eigenvalue weighted by Gasteiger charge is -2.13. The van der Waals surface area contributed by atoms with Crippen LogP contribution in [0.4, 0.5) is 0 Å². The maximum absolute atomic E-state index is 11.8. The molecule has 0 aromatic heterocycles. The van der Waals surface area contributed by atoms with Crippen molar-refractivity contribution in [3.63, 3.8) is 0 Å². The number of hydrogen-bond donors (Lipinski definition) is 1. The Morgan fingerprint density at radius 2 is 1.58 bits per heavy atom. The van der Waals surface area contributed by atoms with Crippen LogP contribution in [0, 0.1) is 17.2 Å². The van der Waals surface area contributed by atoms with E-state index in [4.69, 9.17) is 5.26 Å². The van der Waals surface area contributed by atoms with Gasteiger partial charge in [-0.1, -0.05) is 78.9 Å². The highest BCUT2D eigenvalue weighted by Crippen LogP contribution is 2.24. The Balaban J connectivity index is 1.34. The monoisotopic (exact) mass is 433 g/mol. The van der Waals surface area contributed by atoms with Crippen LogP contribution in [0.15, 0.2) is 91.0 Å². The van der Waals surface area contributed by atoms with Crippen LogP contribution in [0.1, 0.15) is 36.0 Å². The molecule has 0 fully saturated rings.